The van der Waals surface area contributed by atoms with Gasteiger partial charge in [-0.25, -0.2) is 0 Å². The third-order valence-corrected chi connectivity index (χ3v) is 4.13. The minimum Gasteiger partial charge on any atom is -0.486 e. The number of carbonyl (C=O) groups excluding carboxylic acids is 1. The Hall–Kier alpha value is -2.53. The van der Waals surface area contributed by atoms with Crippen LogP contribution in [0, 0.1) is 0 Å². The van der Waals surface area contributed by atoms with E-state index in [2.05, 4.69) is 36.2 Å². The summed E-state index contributed by atoms with van der Waals surface area (Å²) in [5.74, 6) is 1.35. The highest BCUT2D eigenvalue weighted by Crippen LogP contribution is 2.32. The van der Waals surface area contributed by atoms with Crippen LogP contribution in [0.15, 0.2) is 48.5 Å². The van der Waals surface area contributed by atoms with Gasteiger partial charge in [0, 0.05) is 24.3 Å². The fraction of sp³-hybridized carbons (Fsp3) is 0.350. The molecule has 132 valence electrons. The Kier molecular flexibility index (Phi) is 5.56. The van der Waals surface area contributed by atoms with Crippen LogP contribution in [0.3, 0.4) is 0 Å². The molecule has 1 aliphatic heterocycles. The molecular formula is C20H24N2O3. The van der Waals surface area contributed by atoms with E-state index >= 15 is 0 Å². The van der Waals surface area contributed by atoms with Crippen LogP contribution >= 0.6 is 0 Å². The van der Waals surface area contributed by atoms with Gasteiger partial charge < -0.3 is 14.8 Å². The number of amides is 1. The topological polar surface area (TPSA) is 50.8 Å². The van der Waals surface area contributed by atoms with Gasteiger partial charge in [0.25, 0.3) is 0 Å². The number of hydrogen-bond donors (Lipinski definition) is 1. The average Bonchev–Trinajstić information content (AvgIpc) is 2.62. The monoisotopic (exact) mass is 340 g/mol. The normalized spacial score (nSPS) is 13.1. The van der Waals surface area contributed by atoms with Crippen LogP contribution in [0.5, 0.6) is 11.5 Å². The van der Waals surface area contributed by atoms with Crippen molar-refractivity contribution in [2.45, 2.75) is 26.4 Å². The predicted molar refractivity (Wildman–Crippen MR) is 98.0 cm³/mol. The molecule has 5 heteroatoms. The largest absolute Gasteiger partial charge is 0.486 e. The molecule has 1 aliphatic rings. The van der Waals surface area contributed by atoms with Crippen LogP contribution < -0.4 is 14.8 Å². The van der Waals surface area contributed by atoms with E-state index in [0.29, 0.717) is 25.5 Å². The van der Waals surface area contributed by atoms with Crippen molar-refractivity contribution in [3.63, 3.8) is 0 Å². The Morgan fingerprint density at radius 1 is 1.08 bits per heavy atom. The van der Waals surface area contributed by atoms with Gasteiger partial charge in [-0.15, -0.1) is 0 Å². The van der Waals surface area contributed by atoms with Gasteiger partial charge in [0.1, 0.15) is 13.2 Å². The number of carbonyl (C=O) groups is 1. The van der Waals surface area contributed by atoms with Crippen LogP contribution in [-0.4, -0.2) is 36.6 Å². The average molecular weight is 340 g/mol. The van der Waals surface area contributed by atoms with E-state index in [0.717, 1.165) is 18.0 Å². The van der Waals surface area contributed by atoms with Crippen LogP contribution in [0.4, 0.5) is 5.69 Å². The van der Waals surface area contributed by atoms with Gasteiger partial charge >= 0.3 is 0 Å². The van der Waals surface area contributed by atoms with Crippen LogP contribution in [-0.2, 0) is 11.3 Å². The number of fused-ring (bicyclic) bond motifs is 1. The van der Waals surface area contributed by atoms with Gasteiger partial charge in [-0.3, -0.25) is 9.69 Å². The Bertz CT molecular complexity index is 716. The zero-order chi connectivity index (χ0) is 17.6. The summed E-state index contributed by atoms with van der Waals surface area (Å²) in [5.41, 5.74) is 1.92. The number of rotatable bonds is 6. The highest BCUT2D eigenvalue weighted by atomic mass is 16.6. The predicted octanol–water partition coefficient (Wildman–Crippen LogP) is 3.31. The summed E-state index contributed by atoms with van der Waals surface area (Å²) in [6, 6.07) is 15.9. The lowest BCUT2D eigenvalue weighted by atomic mass is 10.2. The lowest BCUT2D eigenvalue weighted by Gasteiger charge is -2.26. The van der Waals surface area contributed by atoms with Crippen LogP contribution in [0.1, 0.15) is 19.4 Å². The molecule has 5 nitrogen and oxygen atoms in total. The first-order valence-corrected chi connectivity index (χ1v) is 8.59. The molecule has 0 saturated carbocycles. The van der Waals surface area contributed by atoms with Crippen molar-refractivity contribution >= 4 is 11.6 Å². The molecule has 0 radical (unpaired) electrons. The van der Waals surface area contributed by atoms with Gasteiger partial charge in [-0.2, -0.15) is 0 Å². The number of nitrogens with one attached hydrogen (secondary N) is 1. The summed E-state index contributed by atoms with van der Waals surface area (Å²) >= 11 is 0. The maximum Gasteiger partial charge on any atom is 0.238 e. The molecule has 0 saturated heterocycles. The van der Waals surface area contributed by atoms with E-state index in [9.17, 15) is 4.79 Å². The summed E-state index contributed by atoms with van der Waals surface area (Å²) in [6.45, 7) is 6.36. The summed E-state index contributed by atoms with van der Waals surface area (Å²) in [7, 11) is 0. The number of anilines is 1. The first-order valence-electron chi connectivity index (χ1n) is 8.59. The number of ether oxygens (including phenoxy) is 2. The Balaban J connectivity index is 1.61. The maximum absolute atomic E-state index is 12.5. The molecule has 2 aromatic rings. The fourth-order valence-corrected chi connectivity index (χ4v) is 2.75. The third kappa shape index (κ3) is 4.73. The zero-order valence-corrected chi connectivity index (χ0v) is 14.7. The molecule has 0 aromatic heterocycles. The quantitative estimate of drug-likeness (QED) is 0.876. The molecule has 0 aliphatic carbocycles. The van der Waals surface area contributed by atoms with E-state index in [1.54, 1.807) is 0 Å². The summed E-state index contributed by atoms with van der Waals surface area (Å²) in [6.07, 6.45) is 0. The maximum atomic E-state index is 12.5. The molecule has 3 rings (SSSR count). The lowest BCUT2D eigenvalue weighted by molar-refractivity contribution is -0.117. The summed E-state index contributed by atoms with van der Waals surface area (Å²) in [4.78, 5) is 14.6. The summed E-state index contributed by atoms with van der Waals surface area (Å²) in [5, 5.41) is 2.95. The molecular weight excluding hydrogens is 316 g/mol. The fourth-order valence-electron chi connectivity index (χ4n) is 2.75. The zero-order valence-electron chi connectivity index (χ0n) is 14.7. The highest BCUT2D eigenvalue weighted by molar-refractivity contribution is 5.92. The molecule has 1 heterocycles. The van der Waals surface area contributed by atoms with E-state index in [1.807, 2.05) is 36.4 Å². The second-order valence-corrected chi connectivity index (χ2v) is 6.39. The van der Waals surface area contributed by atoms with Crippen molar-refractivity contribution in [3.8, 4) is 11.5 Å². The number of nitrogens with zero attached hydrogens (tertiary/aromatic N) is 1. The van der Waals surface area contributed by atoms with Gasteiger partial charge in [-0.05, 0) is 31.5 Å². The van der Waals surface area contributed by atoms with Crippen LogP contribution in [0.2, 0.25) is 0 Å². The molecule has 25 heavy (non-hydrogen) atoms. The van der Waals surface area contributed by atoms with Crippen molar-refractivity contribution in [2.75, 3.05) is 25.1 Å². The Labute approximate surface area is 148 Å². The number of benzene rings is 2. The first kappa shape index (κ1) is 17.3. The van der Waals surface area contributed by atoms with Gasteiger partial charge in [0.15, 0.2) is 11.5 Å². The second-order valence-electron chi connectivity index (χ2n) is 6.39. The van der Waals surface area contributed by atoms with Gasteiger partial charge in [0.05, 0.1) is 6.54 Å². The second kappa shape index (κ2) is 8.03. The van der Waals surface area contributed by atoms with E-state index < -0.39 is 0 Å². The first-order chi connectivity index (χ1) is 12.1. The molecule has 1 N–H and O–H groups in total. The van der Waals surface area contributed by atoms with Gasteiger partial charge in [0.2, 0.25) is 5.91 Å². The lowest BCUT2D eigenvalue weighted by Crippen LogP contribution is -2.37. The Morgan fingerprint density at radius 3 is 2.52 bits per heavy atom. The van der Waals surface area contributed by atoms with Crippen molar-refractivity contribution in [1.29, 1.82) is 0 Å². The standard InChI is InChI=1S/C20H24N2O3/c1-15(2)22(13-16-6-4-3-5-7-16)14-20(23)21-17-8-9-18-19(12-17)25-11-10-24-18/h3-9,12,15H,10-11,13-14H2,1-2H3,(H,21,23). The molecule has 1 amide bonds. The van der Waals surface area contributed by atoms with Crippen molar-refractivity contribution in [2.24, 2.45) is 0 Å². The molecule has 0 spiro atoms. The molecule has 2 aromatic carbocycles. The van der Waals surface area contributed by atoms with E-state index in [1.165, 1.54) is 5.56 Å². The van der Waals surface area contributed by atoms with E-state index in [4.69, 9.17) is 9.47 Å². The van der Waals surface area contributed by atoms with Crippen molar-refractivity contribution in [3.05, 3.63) is 54.1 Å². The van der Waals surface area contributed by atoms with E-state index in [-0.39, 0.29) is 11.9 Å². The van der Waals surface area contributed by atoms with Crippen molar-refractivity contribution in [1.82, 2.24) is 4.90 Å². The minimum absolute atomic E-state index is 0.0405. The molecule has 0 bridgehead atoms. The van der Waals surface area contributed by atoms with Gasteiger partial charge in [-0.1, -0.05) is 30.3 Å². The van der Waals surface area contributed by atoms with Crippen LogP contribution in [0.25, 0.3) is 0 Å². The molecule has 0 fully saturated rings. The third-order valence-electron chi connectivity index (χ3n) is 4.13. The molecule has 0 unspecified atom stereocenters. The SMILES string of the molecule is CC(C)N(CC(=O)Nc1ccc2c(c1)OCCO2)Cc1ccccc1. The smallest absolute Gasteiger partial charge is 0.238 e. The Morgan fingerprint density at radius 2 is 1.80 bits per heavy atom. The summed E-state index contributed by atoms with van der Waals surface area (Å²) < 4.78 is 11.1. The highest BCUT2D eigenvalue weighted by Gasteiger charge is 2.16. The van der Waals surface area contributed by atoms with Crippen molar-refractivity contribution < 1.29 is 14.3 Å². The molecule has 0 atom stereocenters. The number of hydrogen-bond acceptors (Lipinski definition) is 4. The minimum atomic E-state index is -0.0405.